The normalized spacial score (nSPS) is 26.1. The van der Waals surface area contributed by atoms with E-state index in [9.17, 15) is 4.39 Å². The quantitative estimate of drug-likeness (QED) is 0.863. The van der Waals surface area contributed by atoms with Crippen molar-refractivity contribution in [1.82, 2.24) is 4.90 Å². The van der Waals surface area contributed by atoms with Crippen LogP contribution >= 0.6 is 12.2 Å². The van der Waals surface area contributed by atoms with Crippen LogP contribution in [0.3, 0.4) is 0 Å². The van der Waals surface area contributed by atoms with E-state index < -0.39 is 0 Å². The first-order valence-electron chi connectivity index (χ1n) is 6.76. The lowest BCUT2D eigenvalue weighted by atomic mass is 9.89. The zero-order valence-corrected chi connectivity index (χ0v) is 12.3. The van der Waals surface area contributed by atoms with Crippen LogP contribution < -0.4 is 5.73 Å². The van der Waals surface area contributed by atoms with Gasteiger partial charge in [-0.15, -0.1) is 0 Å². The molecule has 2 rings (SSSR count). The van der Waals surface area contributed by atoms with Gasteiger partial charge < -0.3 is 5.73 Å². The highest BCUT2D eigenvalue weighted by Crippen LogP contribution is 2.29. The molecule has 1 saturated heterocycles. The predicted molar refractivity (Wildman–Crippen MR) is 80.4 cm³/mol. The van der Waals surface area contributed by atoms with E-state index in [0.717, 1.165) is 18.7 Å². The number of hydrogen-bond acceptors (Lipinski definition) is 2. The third-order valence-corrected chi connectivity index (χ3v) is 3.94. The number of likely N-dealkylation sites (tertiary alicyclic amines) is 1. The van der Waals surface area contributed by atoms with E-state index >= 15 is 0 Å². The van der Waals surface area contributed by atoms with E-state index in [1.165, 1.54) is 18.6 Å². The van der Waals surface area contributed by atoms with Gasteiger partial charge in [0.2, 0.25) is 0 Å². The van der Waals surface area contributed by atoms with Crippen LogP contribution in [0.1, 0.15) is 31.9 Å². The molecule has 2 nitrogen and oxygen atoms in total. The lowest BCUT2D eigenvalue weighted by Crippen LogP contribution is -2.45. The van der Waals surface area contributed by atoms with E-state index in [0.29, 0.717) is 16.8 Å². The van der Waals surface area contributed by atoms with Crippen LogP contribution in [-0.2, 0) is 0 Å². The second-order valence-electron chi connectivity index (χ2n) is 5.76. The van der Waals surface area contributed by atoms with Crippen molar-refractivity contribution in [3.63, 3.8) is 0 Å². The Morgan fingerprint density at radius 1 is 1.26 bits per heavy atom. The standard InChI is InChI=1S/C15H21FN2S/c1-10-7-11(2)9-18(8-10)14(15(17)19)12-3-5-13(16)6-4-12/h3-6,10-11,14H,7-9H2,1-2H3,(H2,17,19). The van der Waals surface area contributed by atoms with Gasteiger partial charge in [0.05, 0.1) is 11.0 Å². The van der Waals surface area contributed by atoms with Gasteiger partial charge in [-0.3, -0.25) is 4.90 Å². The van der Waals surface area contributed by atoms with E-state index in [1.807, 2.05) is 0 Å². The smallest absolute Gasteiger partial charge is 0.123 e. The average molecular weight is 280 g/mol. The lowest BCUT2D eigenvalue weighted by molar-refractivity contribution is 0.122. The van der Waals surface area contributed by atoms with Gasteiger partial charge in [0.25, 0.3) is 0 Å². The number of thiocarbonyl (C=S) groups is 1. The van der Waals surface area contributed by atoms with Gasteiger partial charge in [0.15, 0.2) is 0 Å². The summed E-state index contributed by atoms with van der Waals surface area (Å²) in [6.45, 7) is 6.49. The summed E-state index contributed by atoms with van der Waals surface area (Å²) in [4.78, 5) is 2.79. The molecule has 1 fully saturated rings. The van der Waals surface area contributed by atoms with E-state index in [4.69, 9.17) is 18.0 Å². The number of piperidine rings is 1. The molecular weight excluding hydrogens is 259 g/mol. The Kier molecular flexibility index (Phi) is 4.53. The second-order valence-corrected chi connectivity index (χ2v) is 6.23. The van der Waals surface area contributed by atoms with Gasteiger partial charge in [-0.25, -0.2) is 4.39 Å². The average Bonchev–Trinajstić information content (AvgIpc) is 2.30. The third-order valence-electron chi connectivity index (χ3n) is 3.72. The van der Waals surface area contributed by atoms with Crippen LogP contribution in [0.5, 0.6) is 0 Å². The monoisotopic (exact) mass is 280 g/mol. The Balaban J connectivity index is 2.24. The van der Waals surface area contributed by atoms with Crippen molar-refractivity contribution in [3.05, 3.63) is 35.6 Å². The highest BCUT2D eigenvalue weighted by Gasteiger charge is 2.29. The molecule has 19 heavy (non-hydrogen) atoms. The maximum atomic E-state index is 13.0. The first-order valence-corrected chi connectivity index (χ1v) is 7.17. The molecular formula is C15H21FN2S. The van der Waals surface area contributed by atoms with Crippen LogP contribution in [0.15, 0.2) is 24.3 Å². The molecule has 0 aliphatic carbocycles. The summed E-state index contributed by atoms with van der Waals surface area (Å²) in [6.07, 6.45) is 1.24. The van der Waals surface area contributed by atoms with Crippen molar-refractivity contribution in [2.75, 3.05) is 13.1 Å². The molecule has 3 atom stereocenters. The Morgan fingerprint density at radius 2 is 1.79 bits per heavy atom. The molecule has 3 unspecified atom stereocenters. The van der Waals surface area contributed by atoms with Crippen molar-refractivity contribution in [2.24, 2.45) is 17.6 Å². The maximum absolute atomic E-state index is 13.0. The zero-order chi connectivity index (χ0) is 14.0. The predicted octanol–water partition coefficient (Wildman–Crippen LogP) is 3.13. The van der Waals surface area contributed by atoms with Crippen molar-refractivity contribution in [2.45, 2.75) is 26.3 Å². The molecule has 1 aliphatic rings. The lowest BCUT2D eigenvalue weighted by Gasteiger charge is -2.39. The largest absolute Gasteiger partial charge is 0.392 e. The fraction of sp³-hybridized carbons (Fsp3) is 0.533. The van der Waals surface area contributed by atoms with Gasteiger partial charge >= 0.3 is 0 Å². The van der Waals surface area contributed by atoms with Gasteiger partial charge in [-0.2, -0.15) is 0 Å². The molecule has 4 heteroatoms. The highest BCUT2D eigenvalue weighted by molar-refractivity contribution is 7.80. The number of nitrogens with zero attached hydrogens (tertiary/aromatic N) is 1. The van der Waals surface area contributed by atoms with Gasteiger partial charge in [-0.1, -0.05) is 38.2 Å². The zero-order valence-electron chi connectivity index (χ0n) is 11.5. The summed E-state index contributed by atoms with van der Waals surface area (Å²) < 4.78 is 13.0. The molecule has 0 saturated carbocycles. The summed E-state index contributed by atoms with van der Waals surface area (Å²) in [7, 11) is 0. The topological polar surface area (TPSA) is 29.3 Å². The molecule has 0 amide bonds. The SMILES string of the molecule is CC1CC(C)CN(C(C(N)=S)c2ccc(F)cc2)C1. The molecule has 0 spiro atoms. The van der Waals surface area contributed by atoms with Crippen LogP contribution in [0.2, 0.25) is 0 Å². The number of hydrogen-bond donors (Lipinski definition) is 1. The molecule has 1 aromatic rings. The summed E-state index contributed by atoms with van der Waals surface area (Å²) in [5.41, 5.74) is 6.91. The fourth-order valence-electron chi connectivity index (χ4n) is 3.12. The number of nitrogens with two attached hydrogens (primary N) is 1. The number of rotatable bonds is 3. The molecule has 0 bridgehead atoms. The van der Waals surface area contributed by atoms with Crippen molar-refractivity contribution < 1.29 is 4.39 Å². The van der Waals surface area contributed by atoms with Crippen LogP contribution in [0.4, 0.5) is 4.39 Å². The fourth-order valence-corrected chi connectivity index (χ4v) is 3.41. The van der Waals surface area contributed by atoms with E-state index in [-0.39, 0.29) is 11.9 Å². The maximum Gasteiger partial charge on any atom is 0.123 e. The molecule has 0 aromatic heterocycles. The van der Waals surface area contributed by atoms with Gasteiger partial charge in [0, 0.05) is 13.1 Å². The van der Waals surface area contributed by atoms with Gasteiger partial charge in [0.1, 0.15) is 5.82 Å². The minimum atomic E-state index is -0.231. The highest BCUT2D eigenvalue weighted by atomic mass is 32.1. The first-order chi connectivity index (χ1) is 8.97. The summed E-state index contributed by atoms with van der Waals surface area (Å²) in [5, 5.41) is 0. The van der Waals surface area contributed by atoms with Crippen LogP contribution in [0, 0.1) is 17.7 Å². The Morgan fingerprint density at radius 3 is 2.26 bits per heavy atom. The molecule has 104 valence electrons. The molecule has 1 heterocycles. The Labute approximate surface area is 119 Å². The summed E-state index contributed by atoms with van der Waals surface area (Å²) >= 11 is 5.23. The van der Waals surface area contributed by atoms with E-state index in [2.05, 4.69) is 18.7 Å². The van der Waals surface area contributed by atoms with Crippen LogP contribution in [-0.4, -0.2) is 23.0 Å². The summed E-state index contributed by atoms with van der Waals surface area (Å²) in [5.74, 6) is 1.05. The Hall–Kier alpha value is -1.00. The molecule has 1 aliphatic heterocycles. The third kappa shape index (κ3) is 3.51. The molecule has 2 N–H and O–H groups in total. The molecule has 0 radical (unpaired) electrons. The Bertz CT molecular complexity index is 436. The van der Waals surface area contributed by atoms with E-state index in [1.54, 1.807) is 12.1 Å². The van der Waals surface area contributed by atoms with Crippen molar-refractivity contribution in [1.29, 1.82) is 0 Å². The van der Waals surface area contributed by atoms with Crippen molar-refractivity contribution >= 4 is 17.2 Å². The first kappa shape index (κ1) is 14.4. The van der Waals surface area contributed by atoms with Crippen LogP contribution in [0.25, 0.3) is 0 Å². The minimum Gasteiger partial charge on any atom is -0.392 e. The van der Waals surface area contributed by atoms with Gasteiger partial charge in [-0.05, 0) is 36.0 Å². The van der Waals surface area contributed by atoms with Crippen molar-refractivity contribution in [3.8, 4) is 0 Å². The molecule has 1 aromatic carbocycles. The second kappa shape index (κ2) is 5.97. The number of halogens is 1. The minimum absolute atomic E-state index is 0.0826. The summed E-state index contributed by atoms with van der Waals surface area (Å²) in [6, 6.07) is 6.42. The number of benzene rings is 1.